The molecule has 0 aliphatic heterocycles. The van der Waals surface area contributed by atoms with Crippen molar-refractivity contribution in [1.82, 2.24) is 5.32 Å². The van der Waals surface area contributed by atoms with Gasteiger partial charge >= 0.3 is 12.1 Å². The Morgan fingerprint density at radius 2 is 1.79 bits per heavy atom. The molecule has 0 rings (SSSR count). The second-order valence-corrected chi connectivity index (χ2v) is 4.88. The molecular formula is C11H19F3N2O3. The summed E-state index contributed by atoms with van der Waals surface area (Å²) in [6.45, 7) is 4.06. The number of rotatable bonds is 5. The molecule has 0 saturated heterocycles. The third-order valence-electron chi connectivity index (χ3n) is 2.56. The summed E-state index contributed by atoms with van der Waals surface area (Å²) >= 11 is 0. The summed E-state index contributed by atoms with van der Waals surface area (Å²) < 4.78 is 42.2. The zero-order chi connectivity index (χ0) is 15.4. The summed E-state index contributed by atoms with van der Waals surface area (Å²) in [5, 5.41) is 1.99. The molecule has 0 fully saturated rings. The minimum absolute atomic E-state index is 0.0145. The van der Waals surface area contributed by atoms with Crippen LogP contribution >= 0.6 is 0 Å². The van der Waals surface area contributed by atoms with E-state index < -0.39 is 29.6 Å². The van der Waals surface area contributed by atoms with Crippen LogP contribution in [0.15, 0.2) is 0 Å². The highest BCUT2D eigenvalue weighted by Gasteiger charge is 2.54. The fourth-order valence-electron chi connectivity index (χ4n) is 1.26. The Morgan fingerprint density at radius 3 is 2.11 bits per heavy atom. The predicted molar refractivity (Wildman–Crippen MR) is 62.0 cm³/mol. The molecule has 0 radical (unpaired) electrons. The molecule has 0 saturated carbocycles. The zero-order valence-corrected chi connectivity index (χ0v) is 11.3. The van der Waals surface area contributed by atoms with Gasteiger partial charge in [0.25, 0.3) is 0 Å². The van der Waals surface area contributed by atoms with E-state index in [1.165, 1.54) is 0 Å². The first kappa shape index (κ1) is 17.7. The quantitative estimate of drug-likeness (QED) is 0.737. The van der Waals surface area contributed by atoms with E-state index >= 15 is 0 Å². The molecule has 5 nitrogen and oxygen atoms in total. The van der Waals surface area contributed by atoms with Gasteiger partial charge in [-0.2, -0.15) is 13.2 Å². The van der Waals surface area contributed by atoms with Gasteiger partial charge in [-0.3, -0.25) is 4.79 Å². The molecule has 3 N–H and O–H groups in total. The summed E-state index contributed by atoms with van der Waals surface area (Å²) in [5.41, 5.74) is 1.91. The number of hydrogen-bond acceptors (Lipinski definition) is 4. The van der Waals surface area contributed by atoms with Crippen LogP contribution in [0, 0.1) is 5.92 Å². The van der Waals surface area contributed by atoms with Crippen LogP contribution in [-0.4, -0.2) is 36.7 Å². The van der Waals surface area contributed by atoms with E-state index in [1.54, 1.807) is 13.8 Å². The van der Waals surface area contributed by atoms with Gasteiger partial charge in [-0.25, -0.2) is 4.79 Å². The van der Waals surface area contributed by atoms with E-state index in [9.17, 15) is 22.8 Å². The van der Waals surface area contributed by atoms with Crippen LogP contribution in [0.3, 0.4) is 0 Å². The topological polar surface area (TPSA) is 81.4 Å². The van der Waals surface area contributed by atoms with Crippen LogP contribution in [0.4, 0.5) is 13.2 Å². The van der Waals surface area contributed by atoms with Gasteiger partial charge in [0.05, 0.1) is 7.11 Å². The van der Waals surface area contributed by atoms with Gasteiger partial charge in [0.2, 0.25) is 5.91 Å². The molecule has 0 aliphatic rings. The Kier molecular flexibility index (Phi) is 5.80. The fraction of sp³-hybridized carbons (Fsp3) is 0.818. The Morgan fingerprint density at radius 1 is 1.32 bits per heavy atom. The zero-order valence-electron chi connectivity index (χ0n) is 11.3. The number of esters is 1. The number of nitrogens with two attached hydrogens (primary N) is 1. The van der Waals surface area contributed by atoms with E-state index in [4.69, 9.17) is 5.73 Å². The van der Waals surface area contributed by atoms with Crippen molar-refractivity contribution in [2.75, 3.05) is 7.11 Å². The van der Waals surface area contributed by atoms with E-state index in [0.29, 0.717) is 6.92 Å². The van der Waals surface area contributed by atoms with Gasteiger partial charge in [-0.1, -0.05) is 13.8 Å². The number of carbonyl (C=O) groups is 2. The van der Waals surface area contributed by atoms with Crippen LogP contribution in [0.2, 0.25) is 0 Å². The number of amides is 1. The fourth-order valence-corrected chi connectivity index (χ4v) is 1.26. The van der Waals surface area contributed by atoms with Gasteiger partial charge in [0.1, 0.15) is 6.04 Å². The highest BCUT2D eigenvalue weighted by Crippen LogP contribution is 2.28. The maximum atomic E-state index is 12.6. The van der Waals surface area contributed by atoms with Crippen LogP contribution in [0.25, 0.3) is 0 Å². The molecule has 0 aromatic rings. The third-order valence-corrected chi connectivity index (χ3v) is 2.56. The summed E-state index contributed by atoms with van der Waals surface area (Å²) in [4.78, 5) is 23.0. The predicted octanol–water partition coefficient (Wildman–Crippen LogP) is 0.970. The maximum Gasteiger partial charge on any atom is 0.415 e. The van der Waals surface area contributed by atoms with Crippen molar-refractivity contribution < 1.29 is 27.5 Å². The van der Waals surface area contributed by atoms with Crippen molar-refractivity contribution in [3.8, 4) is 0 Å². The minimum atomic E-state index is -4.91. The number of hydrogen-bond donors (Lipinski definition) is 2. The van der Waals surface area contributed by atoms with Crippen LogP contribution in [0.5, 0.6) is 0 Å². The van der Waals surface area contributed by atoms with E-state index in [-0.39, 0.29) is 12.3 Å². The molecular weight excluding hydrogens is 265 g/mol. The first-order valence-corrected chi connectivity index (χ1v) is 5.67. The Labute approximate surface area is 109 Å². The average molecular weight is 284 g/mol. The van der Waals surface area contributed by atoms with E-state index in [1.807, 2.05) is 5.32 Å². The minimum Gasteiger partial charge on any atom is -0.467 e. The van der Waals surface area contributed by atoms with E-state index in [2.05, 4.69) is 4.74 Å². The van der Waals surface area contributed by atoms with Crippen molar-refractivity contribution in [1.29, 1.82) is 0 Å². The van der Waals surface area contributed by atoms with Gasteiger partial charge in [-0.05, 0) is 19.3 Å². The number of ether oxygens (including phenoxy) is 1. The van der Waals surface area contributed by atoms with Crippen molar-refractivity contribution in [2.24, 2.45) is 11.7 Å². The Balaban J connectivity index is 4.96. The first-order valence-electron chi connectivity index (χ1n) is 5.67. The molecule has 0 aliphatic carbocycles. The normalized spacial score (nSPS) is 16.7. The second kappa shape index (κ2) is 6.23. The molecule has 112 valence electrons. The molecule has 0 bridgehead atoms. The highest BCUT2D eigenvalue weighted by atomic mass is 19.4. The summed E-state index contributed by atoms with van der Waals surface area (Å²) in [5.74, 6) is -2.28. The molecule has 19 heavy (non-hydrogen) atoms. The number of alkyl halides is 3. The van der Waals surface area contributed by atoms with Gasteiger partial charge in [0, 0.05) is 0 Å². The Bertz CT molecular complexity index is 341. The third kappa shape index (κ3) is 4.70. The number of methoxy groups -OCH3 is 1. The highest BCUT2D eigenvalue weighted by molar-refractivity contribution is 5.90. The van der Waals surface area contributed by atoms with Crippen molar-refractivity contribution in [3.63, 3.8) is 0 Å². The monoisotopic (exact) mass is 284 g/mol. The smallest absolute Gasteiger partial charge is 0.415 e. The lowest BCUT2D eigenvalue weighted by Gasteiger charge is -2.28. The summed E-state index contributed by atoms with van der Waals surface area (Å²) in [7, 11) is 1.09. The van der Waals surface area contributed by atoms with Crippen LogP contribution in [-0.2, 0) is 14.3 Å². The van der Waals surface area contributed by atoms with Crippen molar-refractivity contribution in [2.45, 2.75) is 44.9 Å². The number of halogens is 3. The van der Waals surface area contributed by atoms with Crippen LogP contribution in [0.1, 0.15) is 27.2 Å². The molecule has 0 heterocycles. The molecule has 8 heteroatoms. The number of nitrogens with one attached hydrogen (secondary N) is 1. The second-order valence-electron chi connectivity index (χ2n) is 4.88. The average Bonchev–Trinajstić information content (AvgIpc) is 2.24. The van der Waals surface area contributed by atoms with E-state index in [0.717, 1.165) is 7.11 Å². The van der Waals surface area contributed by atoms with Gasteiger partial charge < -0.3 is 15.8 Å². The largest absolute Gasteiger partial charge is 0.467 e. The lowest BCUT2D eigenvalue weighted by molar-refractivity contribution is -0.188. The van der Waals surface area contributed by atoms with Crippen molar-refractivity contribution >= 4 is 11.9 Å². The molecule has 0 spiro atoms. The summed E-state index contributed by atoms with van der Waals surface area (Å²) in [6.07, 6.45) is -4.75. The lowest BCUT2D eigenvalue weighted by atomic mass is 9.99. The first-order chi connectivity index (χ1) is 8.43. The van der Waals surface area contributed by atoms with Crippen LogP contribution < -0.4 is 11.1 Å². The molecule has 0 aromatic carbocycles. The SMILES string of the molecule is COC(=O)[C@H](CC(C)C)NC(=O)C(C)(N)C(F)(F)F. The van der Waals surface area contributed by atoms with Gasteiger partial charge in [-0.15, -0.1) is 0 Å². The molecule has 1 unspecified atom stereocenters. The Hall–Kier alpha value is -1.31. The molecule has 0 aromatic heterocycles. The summed E-state index contributed by atoms with van der Waals surface area (Å²) in [6, 6.07) is -1.15. The van der Waals surface area contributed by atoms with Crippen molar-refractivity contribution in [3.05, 3.63) is 0 Å². The standard InChI is InChI=1S/C11H19F3N2O3/c1-6(2)5-7(8(17)19-4)16-9(18)10(3,15)11(12,13)14/h6-7H,5,15H2,1-4H3,(H,16,18)/t7-,10?/m0/s1. The number of carbonyl (C=O) groups excluding carboxylic acids is 2. The molecule has 1 amide bonds. The molecule has 2 atom stereocenters. The lowest BCUT2D eigenvalue weighted by Crippen LogP contribution is -2.63. The maximum absolute atomic E-state index is 12.6. The van der Waals surface area contributed by atoms with Gasteiger partial charge in [0.15, 0.2) is 5.54 Å².